The third kappa shape index (κ3) is 3.81. The molecule has 2 aromatic rings. The fourth-order valence-electron chi connectivity index (χ4n) is 1.80. The van der Waals surface area contributed by atoms with Crippen molar-refractivity contribution in [3.05, 3.63) is 46.2 Å². The summed E-state index contributed by atoms with van der Waals surface area (Å²) in [5.74, 6) is 0. The smallest absolute Gasteiger partial charge is 0.350 e. The fraction of sp³-hybridized carbons (Fsp3) is 0.154. The number of hydrogen-bond donors (Lipinski definition) is 2. The number of urea groups is 1. The normalized spacial score (nSPS) is 11.9. The number of aryl methyl sites for hydroxylation is 1. The molecule has 0 aliphatic rings. The predicted molar refractivity (Wildman–Crippen MR) is 78.6 cm³/mol. The van der Waals surface area contributed by atoms with Crippen LogP contribution in [0.2, 0.25) is 5.15 Å². The Morgan fingerprint density at radius 3 is 2.78 bits per heavy atom. The van der Waals surface area contributed by atoms with E-state index in [0.717, 1.165) is 16.8 Å². The summed E-state index contributed by atoms with van der Waals surface area (Å²) in [6.45, 7) is 1.60. The number of hydrazone groups is 1. The van der Waals surface area contributed by atoms with E-state index >= 15 is 0 Å². The number of hydrogen-bond acceptors (Lipinski definition) is 3. The maximum atomic E-state index is 12.8. The monoisotopic (exact) mass is 345 g/mol. The van der Waals surface area contributed by atoms with Gasteiger partial charge in [-0.3, -0.25) is 0 Å². The zero-order valence-electron chi connectivity index (χ0n) is 11.7. The number of halogens is 4. The molecule has 0 spiro atoms. The first kappa shape index (κ1) is 16.8. The SMILES string of the molecule is Cc1nn(-c2cccc(C(F)(F)F)c2)c(Cl)c1/C=N\NC(N)=O. The van der Waals surface area contributed by atoms with Crippen LogP contribution in [0.4, 0.5) is 18.0 Å². The lowest BCUT2D eigenvalue weighted by Crippen LogP contribution is -2.24. The largest absolute Gasteiger partial charge is 0.416 e. The third-order valence-corrected chi connectivity index (χ3v) is 3.20. The number of nitrogens with two attached hydrogens (primary N) is 1. The Hall–Kier alpha value is -2.55. The Balaban J connectivity index is 2.42. The lowest BCUT2D eigenvalue weighted by atomic mass is 10.2. The second-order valence-electron chi connectivity index (χ2n) is 4.48. The van der Waals surface area contributed by atoms with Crippen molar-refractivity contribution in [1.29, 1.82) is 0 Å². The Kier molecular flexibility index (Phi) is 4.60. The second-order valence-corrected chi connectivity index (χ2v) is 4.84. The molecule has 0 saturated heterocycles. The average molecular weight is 346 g/mol. The van der Waals surface area contributed by atoms with Crippen LogP contribution in [0.5, 0.6) is 0 Å². The van der Waals surface area contributed by atoms with Crippen LogP contribution in [0.15, 0.2) is 29.4 Å². The molecule has 0 saturated carbocycles. The number of alkyl halides is 3. The van der Waals surface area contributed by atoms with Crippen molar-refractivity contribution >= 4 is 23.8 Å². The molecule has 2 rings (SSSR count). The van der Waals surface area contributed by atoms with Gasteiger partial charge in [0.25, 0.3) is 0 Å². The maximum absolute atomic E-state index is 12.8. The number of nitrogens with zero attached hydrogens (tertiary/aromatic N) is 3. The Morgan fingerprint density at radius 1 is 1.48 bits per heavy atom. The summed E-state index contributed by atoms with van der Waals surface area (Å²) in [5, 5.41) is 7.70. The van der Waals surface area contributed by atoms with E-state index < -0.39 is 17.8 Å². The number of carbonyl (C=O) groups excluding carboxylic acids is 1. The zero-order chi connectivity index (χ0) is 17.2. The lowest BCUT2D eigenvalue weighted by Gasteiger charge is -2.09. The average Bonchev–Trinajstić information content (AvgIpc) is 2.74. The van der Waals surface area contributed by atoms with Gasteiger partial charge in [-0.05, 0) is 25.1 Å². The molecule has 2 amide bonds. The van der Waals surface area contributed by atoms with Gasteiger partial charge in [-0.2, -0.15) is 23.4 Å². The molecule has 6 nitrogen and oxygen atoms in total. The summed E-state index contributed by atoms with van der Waals surface area (Å²) < 4.78 is 39.5. The van der Waals surface area contributed by atoms with Crippen molar-refractivity contribution in [2.45, 2.75) is 13.1 Å². The minimum atomic E-state index is -4.47. The van der Waals surface area contributed by atoms with Gasteiger partial charge in [-0.25, -0.2) is 14.9 Å². The minimum Gasteiger partial charge on any atom is -0.350 e. The lowest BCUT2D eigenvalue weighted by molar-refractivity contribution is -0.137. The van der Waals surface area contributed by atoms with E-state index in [0.29, 0.717) is 11.3 Å². The first-order chi connectivity index (χ1) is 10.7. The summed E-state index contributed by atoms with van der Waals surface area (Å²) in [4.78, 5) is 10.6. The number of primary amides is 1. The van der Waals surface area contributed by atoms with Crippen molar-refractivity contribution in [1.82, 2.24) is 15.2 Å². The van der Waals surface area contributed by atoms with Crippen molar-refractivity contribution in [2.75, 3.05) is 0 Å². The minimum absolute atomic E-state index is 0.0526. The summed E-state index contributed by atoms with van der Waals surface area (Å²) in [6, 6.07) is 3.72. The van der Waals surface area contributed by atoms with E-state index in [1.54, 1.807) is 6.92 Å². The molecule has 1 aromatic heterocycles. The van der Waals surface area contributed by atoms with Crippen LogP contribution >= 0.6 is 11.6 Å². The van der Waals surface area contributed by atoms with Gasteiger partial charge in [0.2, 0.25) is 0 Å². The fourth-order valence-corrected chi connectivity index (χ4v) is 2.12. The highest BCUT2D eigenvalue weighted by atomic mass is 35.5. The summed E-state index contributed by atoms with van der Waals surface area (Å²) in [6.07, 6.45) is -3.26. The van der Waals surface area contributed by atoms with E-state index in [9.17, 15) is 18.0 Å². The number of rotatable bonds is 3. The van der Waals surface area contributed by atoms with E-state index in [4.69, 9.17) is 17.3 Å². The van der Waals surface area contributed by atoms with Crippen LogP contribution in [-0.4, -0.2) is 22.0 Å². The van der Waals surface area contributed by atoms with Gasteiger partial charge in [0, 0.05) is 0 Å². The van der Waals surface area contributed by atoms with E-state index in [1.807, 2.05) is 5.43 Å². The van der Waals surface area contributed by atoms with Gasteiger partial charge >= 0.3 is 12.2 Å². The third-order valence-electron chi connectivity index (χ3n) is 2.83. The molecule has 122 valence electrons. The Labute approximate surface area is 133 Å². The Morgan fingerprint density at radius 2 is 2.17 bits per heavy atom. The number of amides is 2. The molecule has 0 fully saturated rings. The molecule has 0 aliphatic heterocycles. The molecular formula is C13H11ClF3N5O. The van der Waals surface area contributed by atoms with Crippen molar-refractivity contribution in [3.63, 3.8) is 0 Å². The van der Waals surface area contributed by atoms with Gasteiger partial charge in [-0.1, -0.05) is 17.7 Å². The maximum Gasteiger partial charge on any atom is 0.416 e. The van der Waals surface area contributed by atoms with E-state index in [-0.39, 0.29) is 10.8 Å². The number of nitrogens with one attached hydrogen (secondary N) is 1. The summed E-state index contributed by atoms with van der Waals surface area (Å²) in [7, 11) is 0. The van der Waals surface area contributed by atoms with Gasteiger partial charge in [-0.15, -0.1) is 0 Å². The molecule has 1 heterocycles. The molecule has 1 aromatic carbocycles. The van der Waals surface area contributed by atoms with Gasteiger partial charge < -0.3 is 5.73 Å². The van der Waals surface area contributed by atoms with Crippen molar-refractivity contribution in [2.24, 2.45) is 10.8 Å². The summed E-state index contributed by atoms with van der Waals surface area (Å²) >= 11 is 6.13. The predicted octanol–water partition coefficient (Wildman–Crippen LogP) is 2.86. The quantitative estimate of drug-likeness (QED) is 0.662. The van der Waals surface area contributed by atoms with Crippen molar-refractivity contribution in [3.8, 4) is 5.69 Å². The highest BCUT2D eigenvalue weighted by molar-refractivity contribution is 6.32. The van der Waals surface area contributed by atoms with Crippen LogP contribution in [0.3, 0.4) is 0 Å². The molecule has 0 aliphatic carbocycles. The van der Waals surface area contributed by atoms with Crippen LogP contribution in [0.25, 0.3) is 5.69 Å². The molecule has 10 heteroatoms. The molecule has 3 N–H and O–H groups in total. The van der Waals surface area contributed by atoms with Gasteiger partial charge in [0.1, 0.15) is 5.15 Å². The van der Waals surface area contributed by atoms with E-state index in [2.05, 4.69) is 10.2 Å². The standard InChI is InChI=1S/C13H11ClF3N5O/c1-7-10(6-19-20-12(18)23)11(14)22(21-7)9-4-2-3-8(5-9)13(15,16)17/h2-6H,1H3,(H3,18,20,23)/b19-6-. The first-order valence-electron chi connectivity index (χ1n) is 6.21. The number of carbonyl (C=O) groups is 1. The Bertz CT molecular complexity index is 769. The second kappa shape index (κ2) is 6.29. The van der Waals surface area contributed by atoms with Gasteiger partial charge in [0.05, 0.1) is 28.7 Å². The van der Waals surface area contributed by atoms with Gasteiger partial charge in [0.15, 0.2) is 0 Å². The number of aromatic nitrogens is 2. The number of benzene rings is 1. The molecule has 0 bridgehead atoms. The first-order valence-corrected chi connectivity index (χ1v) is 6.59. The van der Waals surface area contributed by atoms with Crippen molar-refractivity contribution < 1.29 is 18.0 Å². The summed E-state index contributed by atoms with van der Waals surface area (Å²) in [5.41, 5.74) is 6.95. The van der Waals surface area contributed by atoms with Crippen LogP contribution in [0, 0.1) is 6.92 Å². The highest BCUT2D eigenvalue weighted by Gasteiger charge is 2.30. The molecule has 0 radical (unpaired) electrons. The molecule has 23 heavy (non-hydrogen) atoms. The molecule has 0 atom stereocenters. The molecule has 0 unspecified atom stereocenters. The zero-order valence-corrected chi connectivity index (χ0v) is 12.5. The molecular weight excluding hydrogens is 335 g/mol. The van der Waals surface area contributed by atoms with E-state index in [1.165, 1.54) is 18.3 Å². The van der Waals surface area contributed by atoms with Crippen LogP contribution in [-0.2, 0) is 6.18 Å². The highest BCUT2D eigenvalue weighted by Crippen LogP contribution is 2.31. The van der Waals surface area contributed by atoms with Crippen LogP contribution in [0.1, 0.15) is 16.8 Å². The van der Waals surface area contributed by atoms with Crippen LogP contribution < -0.4 is 11.2 Å². The topological polar surface area (TPSA) is 85.3 Å².